The fourth-order valence-electron chi connectivity index (χ4n) is 3.10. The van der Waals surface area contributed by atoms with Crippen LogP contribution in [0.3, 0.4) is 0 Å². The number of esters is 2. The lowest BCUT2D eigenvalue weighted by Crippen LogP contribution is -2.11. The molecule has 1 aromatic carbocycles. The van der Waals surface area contributed by atoms with Gasteiger partial charge in [0.25, 0.3) is 0 Å². The second-order valence-corrected chi connectivity index (χ2v) is 7.38. The number of hydrogen-bond acceptors (Lipinski definition) is 5. The smallest absolute Gasteiger partial charge is 0.311 e. The highest BCUT2D eigenvalue weighted by Crippen LogP contribution is 2.26. The van der Waals surface area contributed by atoms with E-state index in [2.05, 4.69) is 6.92 Å². The van der Waals surface area contributed by atoms with Crippen molar-refractivity contribution in [3.8, 4) is 11.5 Å². The molecule has 0 unspecified atom stereocenters. The molecule has 5 heteroatoms. The molecule has 0 spiro atoms. The molecule has 0 radical (unpaired) electrons. The van der Waals surface area contributed by atoms with Gasteiger partial charge in [0.15, 0.2) is 11.5 Å². The quantitative estimate of drug-likeness (QED) is 0.174. The molecule has 0 saturated carbocycles. The minimum absolute atomic E-state index is 0.172. The van der Waals surface area contributed by atoms with E-state index in [-0.39, 0.29) is 24.8 Å². The van der Waals surface area contributed by atoms with E-state index in [0.29, 0.717) is 24.5 Å². The van der Waals surface area contributed by atoms with Gasteiger partial charge in [-0.15, -0.1) is 0 Å². The number of methoxy groups -OCH3 is 1. The minimum Gasteiger partial charge on any atom is -0.493 e. The van der Waals surface area contributed by atoms with Gasteiger partial charge in [-0.25, -0.2) is 0 Å². The molecule has 0 aliphatic heterocycles. The summed E-state index contributed by atoms with van der Waals surface area (Å²) in [4.78, 5) is 23.6. The van der Waals surface area contributed by atoms with E-state index in [1.54, 1.807) is 24.3 Å². The van der Waals surface area contributed by atoms with Gasteiger partial charge in [0.2, 0.25) is 0 Å². The first-order chi connectivity index (χ1) is 14.2. The number of rotatable bonds is 17. The molecule has 0 atom stereocenters. The molecule has 0 bridgehead atoms. The van der Waals surface area contributed by atoms with Crippen molar-refractivity contribution in [2.75, 3.05) is 13.7 Å². The summed E-state index contributed by atoms with van der Waals surface area (Å²) >= 11 is 0. The Hall–Kier alpha value is -2.04. The van der Waals surface area contributed by atoms with E-state index in [4.69, 9.17) is 14.2 Å². The minimum atomic E-state index is -0.378. The first-order valence-corrected chi connectivity index (χ1v) is 11.2. The molecule has 0 amide bonds. The predicted molar refractivity (Wildman–Crippen MR) is 115 cm³/mol. The maximum Gasteiger partial charge on any atom is 0.311 e. The molecule has 0 fully saturated rings. The molecule has 164 valence electrons. The van der Waals surface area contributed by atoms with Gasteiger partial charge in [0, 0.05) is 12.8 Å². The number of unbranched alkanes of at least 4 members (excludes halogenated alkanes) is 9. The van der Waals surface area contributed by atoms with Crippen molar-refractivity contribution in [1.29, 1.82) is 0 Å². The van der Waals surface area contributed by atoms with E-state index in [1.165, 1.54) is 58.5 Å². The zero-order valence-electron chi connectivity index (χ0n) is 18.3. The van der Waals surface area contributed by atoms with Gasteiger partial charge >= 0.3 is 11.9 Å². The number of hydrogen-bond donors (Lipinski definition) is 0. The van der Waals surface area contributed by atoms with Gasteiger partial charge < -0.3 is 14.2 Å². The largest absolute Gasteiger partial charge is 0.493 e. The van der Waals surface area contributed by atoms with Crippen LogP contribution in [0.15, 0.2) is 24.3 Å². The Morgan fingerprint density at radius 1 is 0.724 bits per heavy atom. The maximum atomic E-state index is 11.9. The van der Waals surface area contributed by atoms with Crippen molar-refractivity contribution in [3.63, 3.8) is 0 Å². The number of carbonyl (C=O) groups excluding carboxylic acids is 2. The van der Waals surface area contributed by atoms with E-state index >= 15 is 0 Å². The van der Waals surface area contributed by atoms with E-state index < -0.39 is 0 Å². The van der Waals surface area contributed by atoms with Crippen LogP contribution in [0.25, 0.3) is 0 Å². The molecule has 0 aromatic heterocycles. The van der Waals surface area contributed by atoms with Crippen molar-refractivity contribution in [2.45, 2.75) is 90.4 Å². The molecule has 0 heterocycles. The first-order valence-electron chi connectivity index (χ1n) is 11.2. The lowest BCUT2D eigenvalue weighted by Gasteiger charge is -2.08. The Bertz CT molecular complexity index is 570. The topological polar surface area (TPSA) is 61.8 Å². The Balaban J connectivity index is 1.97. The Labute approximate surface area is 176 Å². The van der Waals surface area contributed by atoms with Crippen molar-refractivity contribution in [1.82, 2.24) is 0 Å². The first kappa shape index (κ1) is 25.0. The summed E-state index contributed by atoms with van der Waals surface area (Å²) in [5.41, 5.74) is 0. The summed E-state index contributed by atoms with van der Waals surface area (Å²) in [6.45, 7) is 2.71. The fourth-order valence-corrected chi connectivity index (χ4v) is 3.10. The van der Waals surface area contributed by atoms with Gasteiger partial charge in [-0.05, 0) is 25.0 Å². The van der Waals surface area contributed by atoms with Gasteiger partial charge in [0.1, 0.15) is 0 Å². The van der Waals surface area contributed by atoms with E-state index in [9.17, 15) is 9.59 Å². The Morgan fingerprint density at radius 3 is 1.90 bits per heavy atom. The number of para-hydroxylation sites is 2. The monoisotopic (exact) mass is 406 g/mol. The second-order valence-electron chi connectivity index (χ2n) is 7.38. The van der Waals surface area contributed by atoms with Crippen LogP contribution in [0.1, 0.15) is 90.4 Å². The standard InChI is InChI=1S/C24H38O5/c1-3-4-5-6-7-8-9-10-11-14-20-28-23(25)18-15-19-24(26)29-22-17-13-12-16-21(22)27-2/h12-13,16-17H,3-11,14-15,18-20H2,1-2H3. The molecule has 0 aliphatic rings. The molecule has 1 rings (SSSR count). The molecular weight excluding hydrogens is 368 g/mol. The summed E-state index contributed by atoms with van der Waals surface area (Å²) in [5, 5.41) is 0. The zero-order chi connectivity index (χ0) is 21.2. The van der Waals surface area contributed by atoms with Crippen LogP contribution >= 0.6 is 0 Å². The van der Waals surface area contributed by atoms with Crippen molar-refractivity contribution in [2.24, 2.45) is 0 Å². The number of ether oxygens (including phenoxy) is 3. The predicted octanol–water partition coefficient (Wildman–Crippen LogP) is 6.24. The fraction of sp³-hybridized carbons (Fsp3) is 0.667. The Morgan fingerprint density at radius 2 is 1.28 bits per heavy atom. The average Bonchev–Trinajstić information content (AvgIpc) is 2.72. The summed E-state index contributed by atoms with van der Waals surface area (Å²) in [5.74, 6) is 0.281. The van der Waals surface area contributed by atoms with Crippen LogP contribution in [0, 0.1) is 0 Å². The molecule has 0 N–H and O–H groups in total. The summed E-state index contributed by atoms with van der Waals surface area (Å²) in [6.07, 6.45) is 13.4. The third-order valence-electron chi connectivity index (χ3n) is 4.82. The van der Waals surface area contributed by atoms with Gasteiger partial charge in [-0.3, -0.25) is 9.59 Å². The van der Waals surface area contributed by atoms with Crippen LogP contribution in [0.4, 0.5) is 0 Å². The van der Waals surface area contributed by atoms with E-state index in [1.807, 2.05) is 0 Å². The van der Waals surface area contributed by atoms with Crippen LogP contribution in [-0.4, -0.2) is 25.7 Å². The van der Waals surface area contributed by atoms with Gasteiger partial charge in [-0.1, -0.05) is 76.8 Å². The van der Waals surface area contributed by atoms with Crippen LogP contribution in [-0.2, 0) is 14.3 Å². The molecule has 1 aromatic rings. The zero-order valence-corrected chi connectivity index (χ0v) is 18.3. The van der Waals surface area contributed by atoms with Gasteiger partial charge in [0.05, 0.1) is 13.7 Å². The highest BCUT2D eigenvalue weighted by atomic mass is 16.6. The normalized spacial score (nSPS) is 10.6. The van der Waals surface area contributed by atoms with Crippen molar-refractivity contribution < 1.29 is 23.8 Å². The summed E-state index contributed by atoms with van der Waals surface area (Å²) in [7, 11) is 1.53. The Kier molecular flexibility index (Phi) is 14.5. The highest BCUT2D eigenvalue weighted by Gasteiger charge is 2.11. The SMILES string of the molecule is CCCCCCCCCCCCOC(=O)CCCC(=O)Oc1ccccc1OC. The van der Waals surface area contributed by atoms with Crippen LogP contribution in [0.2, 0.25) is 0 Å². The number of benzene rings is 1. The van der Waals surface area contributed by atoms with Crippen molar-refractivity contribution in [3.05, 3.63) is 24.3 Å². The van der Waals surface area contributed by atoms with Crippen LogP contribution in [0.5, 0.6) is 11.5 Å². The lowest BCUT2D eigenvalue weighted by molar-refractivity contribution is -0.144. The van der Waals surface area contributed by atoms with E-state index in [0.717, 1.165) is 12.8 Å². The molecule has 0 saturated heterocycles. The highest BCUT2D eigenvalue weighted by molar-refractivity contribution is 5.74. The molecule has 29 heavy (non-hydrogen) atoms. The average molecular weight is 407 g/mol. The number of carbonyl (C=O) groups is 2. The molecule has 5 nitrogen and oxygen atoms in total. The summed E-state index contributed by atoms with van der Waals surface area (Å²) < 4.78 is 15.7. The van der Waals surface area contributed by atoms with Gasteiger partial charge in [-0.2, -0.15) is 0 Å². The second kappa shape index (κ2) is 16.9. The maximum absolute atomic E-state index is 11.9. The molecular formula is C24H38O5. The third kappa shape index (κ3) is 12.9. The lowest BCUT2D eigenvalue weighted by atomic mass is 10.1. The molecule has 0 aliphatic carbocycles. The van der Waals surface area contributed by atoms with Crippen LogP contribution < -0.4 is 9.47 Å². The third-order valence-corrected chi connectivity index (χ3v) is 4.82. The van der Waals surface area contributed by atoms with Crippen molar-refractivity contribution >= 4 is 11.9 Å². The summed E-state index contributed by atoms with van der Waals surface area (Å²) in [6, 6.07) is 6.99.